The second-order valence-corrected chi connectivity index (χ2v) is 6.18. The van der Waals surface area contributed by atoms with Crippen LogP contribution in [0, 0.1) is 0 Å². The molecule has 0 aliphatic carbocycles. The number of Topliss-reactive ketones (excluding diaryl/α,β-unsaturated/α-hetero) is 1. The Kier molecular flexibility index (Phi) is 6.70. The summed E-state index contributed by atoms with van der Waals surface area (Å²) in [4.78, 5) is 46.8. The SMILES string of the molecule is CCCCC(=O)Oc1ccc(NC(C)=C2C(=O)OC(=O)C(C(C)=O)=C2O)cc1. The van der Waals surface area contributed by atoms with Crippen LogP contribution in [0.15, 0.2) is 46.9 Å². The Morgan fingerprint density at radius 2 is 1.75 bits per heavy atom. The Bertz CT molecular complexity index is 878. The molecule has 0 radical (unpaired) electrons. The van der Waals surface area contributed by atoms with E-state index in [1.54, 1.807) is 24.3 Å². The molecule has 1 aliphatic heterocycles. The molecule has 2 N–H and O–H groups in total. The molecule has 8 nitrogen and oxygen atoms in total. The average Bonchev–Trinajstić information content (AvgIpc) is 2.60. The van der Waals surface area contributed by atoms with Gasteiger partial charge < -0.3 is 19.9 Å². The van der Waals surface area contributed by atoms with Crippen molar-refractivity contribution in [1.82, 2.24) is 0 Å². The molecule has 0 spiro atoms. The Morgan fingerprint density at radius 1 is 1.11 bits per heavy atom. The summed E-state index contributed by atoms with van der Waals surface area (Å²) in [7, 11) is 0. The minimum absolute atomic E-state index is 0.182. The van der Waals surface area contributed by atoms with Gasteiger partial charge in [0, 0.05) is 17.8 Å². The lowest BCUT2D eigenvalue weighted by Crippen LogP contribution is -2.29. The number of anilines is 1. The highest BCUT2D eigenvalue weighted by Crippen LogP contribution is 2.26. The monoisotopic (exact) mass is 387 g/mol. The van der Waals surface area contributed by atoms with Gasteiger partial charge in [0.2, 0.25) is 0 Å². The molecule has 0 atom stereocenters. The first-order valence-electron chi connectivity index (χ1n) is 8.74. The number of ether oxygens (including phenoxy) is 2. The summed E-state index contributed by atoms with van der Waals surface area (Å²) in [5, 5.41) is 13.1. The lowest BCUT2D eigenvalue weighted by molar-refractivity contribution is -0.155. The molecule has 0 unspecified atom stereocenters. The van der Waals surface area contributed by atoms with E-state index in [1.807, 2.05) is 6.92 Å². The third kappa shape index (κ3) is 4.85. The molecular formula is C20H21NO7. The van der Waals surface area contributed by atoms with E-state index in [0.717, 1.165) is 19.8 Å². The lowest BCUT2D eigenvalue weighted by Gasteiger charge is -2.18. The van der Waals surface area contributed by atoms with E-state index in [2.05, 4.69) is 10.1 Å². The number of cyclic esters (lactones) is 2. The third-order valence-electron chi connectivity index (χ3n) is 3.95. The van der Waals surface area contributed by atoms with Gasteiger partial charge in [0.25, 0.3) is 0 Å². The van der Waals surface area contributed by atoms with Crippen molar-refractivity contribution in [2.45, 2.75) is 40.0 Å². The maximum Gasteiger partial charge on any atom is 0.353 e. The standard InChI is InChI=1S/C20H21NO7/c1-4-5-6-15(23)27-14-9-7-13(8-10-14)21-11(2)16-18(24)17(12(3)22)20(26)28-19(16)25/h7-10,21,24H,4-6H2,1-3H3. The molecule has 28 heavy (non-hydrogen) atoms. The number of rotatable bonds is 7. The molecule has 8 heteroatoms. The van der Waals surface area contributed by atoms with Crippen molar-refractivity contribution < 1.29 is 33.8 Å². The third-order valence-corrected chi connectivity index (χ3v) is 3.95. The number of ketones is 1. The zero-order valence-electron chi connectivity index (χ0n) is 15.8. The van der Waals surface area contributed by atoms with Gasteiger partial charge in [0.05, 0.1) is 0 Å². The zero-order valence-corrected chi connectivity index (χ0v) is 15.8. The smallest absolute Gasteiger partial charge is 0.353 e. The predicted molar refractivity (Wildman–Crippen MR) is 99.4 cm³/mol. The van der Waals surface area contributed by atoms with Crippen molar-refractivity contribution in [3.05, 3.63) is 46.9 Å². The number of aliphatic hydroxyl groups excluding tert-OH is 1. The van der Waals surface area contributed by atoms with Gasteiger partial charge in [-0.15, -0.1) is 0 Å². The van der Waals surface area contributed by atoms with E-state index in [-0.39, 0.29) is 17.2 Å². The summed E-state index contributed by atoms with van der Waals surface area (Å²) < 4.78 is 9.73. The van der Waals surface area contributed by atoms with E-state index < -0.39 is 29.1 Å². The van der Waals surface area contributed by atoms with E-state index >= 15 is 0 Å². The van der Waals surface area contributed by atoms with E-state index in [9.17, 15) is 24.3 Å². The number of hydrogen-bond donors (Lipinski definition) is 2. The zero-order chi connectivity index (χ0) is 20.8. The maximum absolute atomic E-state index is 12.0. The predicted octanol–water partition coefficient (Wildman–Crippen LogP) is 2.95. The highest BCUT2D eigenvalue weighted by atomic mass is 16.6. The fraction of sp³-hybridized carbons (Fsp3) is 0.300. The average molecular weight is 387 g/mol. The highest BCUT2D eigenvalue weighted by molar-refractivity contribution is 6.23. The molecule has 0 bridgehead atoms. The van der Waals surface area contributed by atoms with E-state index in [4.69, 9.17) is 4.74 Å². The lowest BCUT2D eigenvalue weighted by atomic mass is 10.0. The molecule has 0 fully saturated rings. The van der Waals surface area contributed by atoms with Gasteiger partial charge >= 0.3 is 17.9 Å². The van der Waals surface area contributed by atoms with Crippen LogP contribution >= 0.6 is 0 Å². The number of nitrogens with one attached hydrogen (secondary N) is 1. The van der Waals surface area contributed by atoms with Gasteiger partial charge in [0.1, 0.15) is 22.7 Å². The number of carbonyl (C=O) groups is 4. The molecule has 1 aliphatic rings. The van der Waals surface area contributed by atoms with Gasteiger partial charge in [-0.3, -0.25) is 9.59 Å². The second-order valence-electron chi connectivity index (χ2n) is 6.18. The summed E-state index contributed by atoms with van der Waals surface area (Å²) in [6, 6.07) is 6.37. The van der Waals surface area contributed by atoms with Gasteiger partial charge in [-0.05, 0) is 44.5 Å². The fourth-order valence-corrected chi connectivity index (χ4v) is 2.53. The highest BCUT2D eigenvalue weighted by Gasteiger charge is 2.36. The van der Waals surface area contributed by atoms with E-state index in [0.29, 0.717) is 17.9 Å². The Balaban J connectivity index is 2.20. The molecular weight excluding hydrogens is 366 g/mol. The number of allylic oxidation sites excluding steroid dienone is 1. The molecule has 0 saturated carbocycles. The van der Waals surface area contributed by atoms with Crippen LogP contribution in [0.25, 0.3) is 0 Å². The normalized spacial score (nSPS) is 15.8. The summed E-state index contributed by atoms with van der Waals surface area (Å²) in [5.41, 5.74) is -0.174. The summed E-state index contributed by atoms with van der Waals surface area (Å²) >= 11 is 0. The molecule has 148 valence electrons. The topological polar surface area (TPSA) is 119 Å². The van der Waals surface area contributed by atoms with Crippen LogP contribution in [0.2, 0.25) is 0 Å². The second kappa shape index (κ2) is 8.98. The van der Waals surface area contributed by atoms with Crippen molar-refractivity contribution in [3.8, 4) is 5.75 Å². The first kappa shape index (κ1) is 20.9. The largest absolute Gasteiger partial charge is 0.506 e. The molecule has 1 aromatic rings. The van der Waals surface area contributed by atoms with Crippen molar-refractivity contribution in [1.29, 1.82) is 0 Å². The first-order valence-corrected chi connectivity index (χ1v) is 8.74. The molecule has 2 rings (SSSR count). The van der Waals surface area contributed by atoms with Crippen LogP contribution in [0.5, 0.6) is 5.75 Å². The summed E-state index contributed by atoms with van der Waals surface area (Å²) in [5.74, 6) is -3.61. The first-order chi connectivity index (χ1) is 13.2. The number of hydrogen-bond acceptors (Lipinski definition) is 8. The van der Waals surface area contributed by atoms with Crippen molar-refractivity contribution in [3.63, 3.8) is 0 Å². The molecule has 1 aromatic carbocycles. The van der Waals surface area contributed by atoms with Crippen LogP contribution < -0.4 is 10.1 Å². The maximum atomic E-state index is 12.0. The number of benzene rings is 1. The van der Waals surface area contributed by atoms with Crippen molar-refractivity contribution in [2.75, 3.05) is 5.32 Å². The van der Waals surface area contributed by atoms with Crippen LogP contribution in [0.4, 0.5) is 5.69 Å². The Hall–Kier alpha value is -3.42. The summed E-state index contributed by atoms with van der Waals surface area (Å²) in [6.07, 6.45) is 1.99. The molecule has 0 amide bonds. The minimum Gasteiger partial charge on any atom is -0.506 e. The Labute approximate surface area is 161 Å². The molecule has 1 heterocycles. The molecule has 0 saturated heterocycles. The van der Waals surface area contributed by atoms with Gasteiger partial charge in [-0.1, -0.05) is 13.3 Å². The number of esters is 3. The van der Waals surface area contributed by atoms with Gasteiger partial charge in [-0.2, -0.15) is 0 Å². The Morgan fingerprint density at radius 3 is 2.32 bits per heavy atom. The quantitative estimate of drug-likeness (QED) is 0.241. The van der Waals surface area contributed by atoms with Crippen molar-refractivity contribution in [2.24, 2.45) is 0 Å². The number of carbonyl (C=O) groups excluding carboxylic acids is 4. The number of aliphatic hydroxyl groups is 1. The van der Waals surface area contributed by atoms with Crippen molar-refractivity contribution >= 4 is 29.4 Å². The van der Waals surface area contributed by atoms with Crippen LogP contribution in [0.3, 0.4) is 0 Å². The summed E-state index contributed by atoms with van der Waals surface area (Å²) in [6.45, 7) is 4.55. The van der Waals surface area contributed by atoms with E-state index in [1.165, 1.54) is 6.92 Å². The van der Waals surface area contributed by atoms with Crippen LogP contribution in [0.1, 0.15) is 40.0 Å². The van der Waals surface area contributed by atoms with Gasteiger partial charge in [0.15, 0.2) is 5.78 Å². The molecule has 0 aromatic heterocycles. The number of unbranched alkanes of at least 4 members (excludes halogenated alkanes) is 1. The van der Waals surface area contributed by atoms with Crippen LogP contribution in [-0.2, 0) is 23.9 Å². The minimum atomic E-state index is -1.18. The van der Waals surface area contributed by atoms with Gasteiger partial charge in [-0.25, -0.2) is 9.59 Å². The fourth-order valence-electron chi connectivity index (χ4n) is 2.53. The van der Waals surface area contributed by atoms with Crippen LogP contribution in [-0.4, -0.2) is 28.8 Å².